The first-order chi connectivity index (χ1) is 8.93. The number of aryl methyl sites for hydroxylation is 4. The molecule has 0 spiro atoms. The number of aromatic nitrogens is 4. The minimum absolute atomic E-state index is 0.00611. The summed E-state index contributed by atoms with van der Waals surface area (Å²) in [5.74, 6) is 0.366. The van der Waals surface area contributed by atoms with Crippen LogP contribution in [0.5, 0.6) is 0 Å². The fourth-order valence-corrected chi connectivity index (χ4v) is 2.03. The molecule has 0 amide bonds. The maximum atomic E-state index is 11.1. The smallest absolute Gasteiger partial charge is 0.332 e. The van der Waals surface area contributed by atoms with Crippen molar-refractivity contribution in [1.29, 1.82) is 0 Å². The molecule has 0 fully saturated rings. The van der Waals surface area contributed by atoms with Gasteiger partial charge in [0.05, 0.1) is 16.3 Å². The van der Waals surface area contributed by atoms with E-state index < -0.39 is 4.92 Å². The molecule has 0 aliphatic carbocycles. The Bertz CT molecular complexity index is 627. The summed E-state index contributed by atoms with van der Waals surface area (Å²) in [6.45, 7) is 3.60. The van der Waals surface area contributed by atoms with E-state index in [4.69, 9.17) is 0 Å². The fourth-order valence-electron chi connectivity index (χ4n) is 2.03. The van der Waals surface area contributed by atoms with Gasteiger partial charge >= 0.3 is 5.69 Å². The fraction of sp³-hybridized carbons (Fsp3) is 0.455. The van der Waals surface area contributed by atoms with E-state index >= 15 is 0 Å². The van der Waals surface area contributed by atoms with E-state index in [-0.39, 0.29) is 5.69 Å². The van der Waals surface area contributed by atoms with Crippen LogP contribution in [0.25, 0.3) is 0 Å². The predicted molar refractivity (Wildman–Crippen MR) is 70.5 cm³/mol. The van der Waals surface area contributed by atoms with Gasteiger partial charge in [-0.2, -0.15) is 10.2 Å². The molecule has 19 heavy (non-hydrogen) atoms. The summed E-state index contributed by atoms with van der Waals surface area (Å²) >= 11 is 0. The third-order valence-corrected chi connectivity index (χ3v) is 2.87. The van der Waals surface area contributed by atoms with Gasteiger partial charge < -0.3 is 5.32 Å². The van der Waals surface area contributed by atoms with Crippen LogP contribution in [0.3, 0.4) is 0 Å². The number of anilines is 2. The van der Waals surface area contributed by atoms with E-state index in [2.05, 4.69) is 15.5 Å². The second-order valence-corrected chi connectivity index (χ2v) is 4.31. The lowest BCUT2D eigenvalue weighted by Gasteiger charge is -2.04. The summed E-state index contributed by atoms with van der Waals surface area (Å²) in [6, 6.07) is 0. The minimum Gasteiger partial charge on any atom is -0.332 e. The first kappa shape index (κ1) is 13.1. The van der Waals surface area contributed by atoms with Gasteiger partial charge in [-0.25, -0.2) is 4.68 Å². The molecule has 0 saturated heterocycles. The van der Waals surface area contributed by atoms with Gasteiger partial charge in [-0.15, -0.1) is 0 Å². The zero-order valence-corrected chi connectivity index (χ0v) is 11.3. The normalized spacial score (nSPS) is 10.7. The average molecular weight is 264 g/mol. The summed E-state index contributed by atoms with van der Waals surface area (Å²) in [4.78, 5) is 10.7. The molecule has 0 saturated carbocycles. The first-order valence-electron chi connectivity index (χ1n) is 5.91. The molecule has 0 aromatic carbocycles. The Morgan fingerprint density at radius 2 is 2.11 bits per heavy atom. The van der Waals surface area contributed by atoms with Gasteiger partial charge in [-0.05, 0) is 13.3 Å². The van der Waals surface area contributed by atoms with E-state index in [0.29, 0.717) is 11.5 Å². The second-order valence-electron chi connectivity index (χ2n) is 4.31. The molecule has 0 aliphatic heterocycles. The Morgan fingerprint density at radius 3 is 2.68 bits per heavy atom. The highest BCUT2D eigenvalue weighted by Crippen LogP contribution is 2.31. The molecule has 0 atom stereocenters. The van der Waals surface area contributed by atoms with Crippen molar-refractivity contribution in [3.8, 4) is 0 Å². The highest BCUT2D eigenvalue weighted by atomic mass is 16.6. The van der Waals surface area contributed by atoms with E-state index in [9.17, 15) is 10.1 Å². The Balaban J connectivity index is 2.46. The number of hydrogen-bond acceptors (Lipinski definition) is 5. The second kappa shape index (κ2) is 4.71. The first-order valence-corrected chi connectivity index (χ1v) is 5.91. The van der Waals surface area contributed by atoms with Gasteiger partial charge in [0.1, 0.15) is 5.69 Å². The number of nitro groups is 1. The largest absolute Gasteiger partial charge is 0.334 e. The molecule has 1 N–H and O–H groups in total. The Morgan fingerprint density at radius 1 is 1.42 bits per heavy atom. The zero-order chi connectivity index (χ0) is 14.2. The van der Waals surface area contributed by atoms with Crippen LogP contribution in [-0.4, -0.2) is 24.5 Å². The van der Waals surface area contributed by atoms with Crippen LogP contribution in [-0.2, 0) is 20.5 Å². The molecular formula is C11H16N6O2. The Hall–Kier alpha value is -2.38. The highest BCUT2D eigenvalue weighted by Gasteiger charge is 2.24. The lowest BCUT2D eigenvalue weighted by atomic mass is 10.3. The average Bonchev–Trinajstić information content (AvgIpc) is 2.80. The van der Waals surface area contributed by atoms with Gasteiger partial charge in [0.2, 0.25) is 5.82 Å². The molecule has 8 nitrogen and oxygen atoms in total. The predicted octanol–water partition coefficient (Wildman–Crippen LogP) is 1.68. The summed E-state index contributed by atoms with van der Waals surface area (Å²) < 4.78 is 3.15. The van der Waals surface area contributed by atoms with Crippen molar-refractivity contribution >= 4 is 17.2 Å². The van der Waals surface area contributed by atoms with E-state index in [1.54, 1.807) is 24.9 Å². The third kappa shape index (κ3) is 2.28. The van der Waals surface area contributed by atoms with Crippen LogP contribution >= 0.6 is 0 Å². The highest BCUT2D eigenvalue weighted by molar-refractivity contribution is 5.68. The number of hydrogen-bond donors (Lipinski definition) is 1. The third-order valence-electron chi connectivity index (χ3n) is 2.87. The van der Waals surface area contributed by atoms with Crippen molar-refractivity contribution in [1.82, 2.24) is 19.6 Å². The van der Waals surface area contributed by atoms with Gasteiger partial charge in [-0.1, -0.05) is 6.92 Å². The van der Waals surface area contributed by atoms with Crippen molar-refractivity contribution in [2.24, 2.45) is 14.1 Å². The number of rotatable bonds is 4. The molecule has 2 heterocycles. The van der Waals surface area contributed by atoms with Crippen molar-refractivity contribution in [3.63, 3.8) is 0 Å². The van der Waals surface area contributed by atoms with Crippen LogP contribution in [0.1, 0.15) is 18.3 Å². The van der Waals surface area contributed by atoms with Gasteiger partial charge in [0.15, 0.2) is 0 Å². The van der Waals surface area contributed by atoms with Gasteiger partial charge in [-0.3, -0.25) is 14.8 Å². The maximum Gasteiger partial charge on any atom is 0.334 e. The standard InChI is InChI=1S/C11H16N6O2/c1-5-8-9(6-15(3)14-8)12-11-10(17(18)19)7(2)13-16(11)4/h6,12H,5H2,1-4H3. The SMILES string of the molecule is CCc1nn(C)cc1Nc1c([N+](=O)[O-])c(C)nn1C. The molecule has 8 heteroatoms. The monoisotopic (exact) mass is 264 g/mol. The molecule has 0 radical (unpaired) electrons. The molecule has 0 unspecified atom stereocenters. The van der Waals surface area contributed by atoms with Crippen LogP contribution < -0.4 is 5.32 Å². The molecule has 0 aliphatic rings. The molecular weight excluding hydrogens is 248 g/mol. The minimum atomic E-state index is -0.424. The van der Waals surface area contributed by atoms with Crippen LogP contribution in [0, 0.1) is 17.0 Å². The van der Waals surface area contributed by atoms with E-state index in [1.165, 1.54) is 4.68 Å². The maximum absolute atomic E-state index is 11.1. The van der Waals surface area contributed by atoms with E-state index in [1.807, 2.05) is 14.0 Å². The lowest BCUT2D eigenvalue weighted by Crippen LogP contribution is -2.02. The quantitative estimate of drug-likeness (QED) is 0.670. The van der Waals surface area contributed by atoms with Crippen LogP contribution in [0.4, 0.5) is 17.2 Å². The Kier molecular flexibility index (Phi) is 3.24. The zero-order valence-electron chi connectivity index (χ0n) is 11.3. The number of nitrogens with one attached hydrogen (secondary N) is 1. The molecule has 2 aromatic heterocycles. The lowest BCUT2D eigenvalue weighted by molar-refractivity contribution is -0.384. The summed E-state index contributed by atoms with van der Waals surface area (Å²) in [6.07, 6.45) is 2.54. The number of nitrogens with zero attached hydrogens (tertiary/aromatic N) is 5. The van der Waals surface area contributed by atoms with E-state index in [0.717, 1.165) is 17.8 Å². The Labute approximate surface area is 110 Å². The van der Waals surface area contributed by atoms with Crippen LogP contribution in [0.15, 0.2) is 6.20 Å². The molecule has 102 valence electrons. The van der Waals surface area contributed by atoms with Gasteiger partial charge in [0, 0.05) is 20.3 Å². The topological polar surface area (TPSA) is 90.8 Å². The van der Waals surface area contributed by atoms with Crippen molar-refractivity contribution in [2.75, 3.05) is 5.32 Å². The summed E-state index contributed by atoms with van der Waals surface area (Å²) in [5.41, 5.74) is 2.00. The van der Waals surface area contributed by atoms with Crippen molar-refractivity contribution in [2.45, 2.75) is 20.3 Å². The molecule has 2 rings (SSSR count). The van der Waals surface area contributed by atoms with Crippen molar-refractivity contribution < 1.29 is 4.92 Å². The summed E-state index contributed by atoms with van der Waals surface area (Å²) in [5, 5.41) is 22.5. The molecule has 0 bridgehead atoms. The van der Waals surface area contributed by atoms with Gasteiger partial charge in [0.25, 0.3) is 0 Å². The summed E-state index contributed by atoms with van der Waals surface area (Å²) in [7, 11) is 3.48. The van der Waals surface area contributed by atoms with Crippen LogP contribution in [0.2, 0.25) is 0 Å². The molecule has 2 aromatic rings. The van der Waals surface area contributed by atoms with Crippen molar-refractivity contribution in [3.05, 3.63) is 27.7 Å².